The summed E-state index contributed by atoms with van der Waals surface area (Å²) >= 11 is 0. The number of ketones is 1. The molecule has 0 aromatic carbocycles. The zero-order chi connectivity index (χ0) is 11.8. The van der Waals surface area contributed by atoms with Gasteiger partial charge in [-0.25, -0.2) is 0 Å². The van der Waals surface area contributed by atoms with Gasteiger partial charge in [-0.1, -0.05) is 0 Å². The second-order valence-electron chi connectivity index (χ2n) is 2.92. The highest BCUT2D eigenvalue weighted by molar-refractivity contribution is 6.00. The number of esters is 2. The van der Waals surface area contributed by atoms with Crippen molar-refractivity contribution in [2.24, 2.45) is 5.92 Å². The summed E-state index contributed by atoms with van der Waals surface area (Å²) in [7, 11) is 0. The van der Waals surface area contributed by atoms with Gasteiger partial charge in [-0.3, -0.25) is 14.4 Å². The number of hydrogen-bond acceptors (Lipinski definition) is 5. The molecule has 5 heteroatoms. The van der Waals surface area contributed by atoms with E-state index in [1.165, 1.54) is 6.92 Å². The van der Waals surface area contributed by atoms with E-state index in [2.05, 4.69) is 9.47 Å². The molecule has 0 N–H and O–H groups in total. The van der Waals surface area contributed by atoms with Gasteiger partial charge in [-0.05, 0) is 20.8 Å². The number of ether oxygens (including phenoxy) is 2. The van der Waals surface area contributed by atoms with Crippen LogP contribution in [0.25, 0.3) is 0 Å². The Kier molecular flexibility index (Phi) is 6.33. The van der Waals surface area contributed by atoms with E-state index in [0.29, 0.717) is 0 Å². The lowest BCUT2D eigenvalue weighted by molar-refractivity contribution is -0.157. The number of Topliss-reactive ketones (excluding diaryl/α,β-unsaturated/α-hetero) is 1. The molecule has 0 aromatic rings. The van der Waals surface area contributed by atoms with Gasteiger partial charge in [-0.15, -0.1) is 0 Å². The van der Waals surface area contributed by atoms with Crippen LogP contribution in [0.15, 0.2) is 0 Å². The molecule has 0 bridgehead atoms. The van der Waals surface area contributed by atoms with Crippen LogP contribution in [0.1, 0.15) is 27.2 Å². The molecule has 0 saturated heterocycles. The third-order valence-corrected chi connectivity index (χ3v) is 1.74. The fourth-order valence-electron chi connectivity index (χ4n) is 1.02. The average Bonchev–Trinajstić information content (AvgIpc) is 2.14. The van der Waals surface area contributed by atoms with Crippen LogP contribution in [0.2, 0.25) is 0 Å². The van der Waals surface area contributed by atoms with Crippen LogP contribution >= 0.6 is 0 Å². The predicted molar refractivity (Wildman–Crippen MR) is 52.1 cm³/mol. The van der Waals surface area contributed by atoms with E-state index < -0.39 is 17.9 Å². The van der Waals surface area contributed by atoms with E-state index in [0.717, 1.165) is 0 Å². The van der Waals surface area contributed by atoms with Gasteiger partial charge >= 0.3 is 11.9 Å². The molecule has 86 valence electrons. The van der Waals surface area contributed by atoms with Crippen molar-refractivity contribution in [1.82, 2.24) is 0 Å². The van der Waals surface area contributed by atoms with E-state index >= 15 is 0 Å². The Morgan fingerprint density at radius 3 is 2.00 bits per heavy atom. The largest absolute Gasteiger partial charge is 0.466 e. The van der Waals surface area contributed by atoms with Crippen LogP contribution in [0.3, 0.4) is 0 Å². The second kappa shape index (κ2) is 6.98. The summed E-state index contributed by atoms with van der Waals surface area (Å²) in [6.45, 7) is 4.96. The molecule has 0 fully saturated rings. The van der Waals surface area contributed by atoms with Crippen molar-refractivity contribution in [2.75, 3.05) is 13.2 Å². The fraction of sp³-hybridized carbons (Fsp3) is 0.700. The van der Waals surface area contributed by atoms with Crippen LogP contribution < -0.4 is 0 Å². The predicted octanol–water partition coefficient (Wildman–Crippen LogP) is 0.708. The number of hydrogen-bond donors (Lipinski definition) is 0. The first-order valence-corrected chi connectivity index (χ1v) is 4.85. The van der Waals surface area contributed by atoms with Gasteiger partial charge in [0.25, 0.3) is 0 Å². The van der Waals surface area contributed by atoms with Crippen molar-refractivity contribution in [2.45, 2.75) is 27.2 Å². The first-order valence-electron chi connectivity index (χ1n) is 4.85. The van der Waals surface area contributed by atoms with Crippen molar-refractivity contribution >= 4 is 17.7 Å². The van der Waals surface area contributed by atoms with E-state index in [9.17, 15) is 14.4 Å². The van der Waals surface area contributed by atoms with Gasteiger partial charge in [0.1, 0.15) is 11.7 Å². The highest BCUT2D eigenvalue weighted by atomic mass is 16.5. The molecule has 0 rings (SSSR count). The van der Waals surface area contributed by atoms with Gasteiger partial charge < -0.3 is 9.47 Å². The summed E-state index contributed by atoms with van der Waals surface area (Å²) in [5.74, 6) is -2.66. The lowest BCUT2D eigenvalue weighted by Gasteiger charge is -2.11. The fourth-order valence-corrected chi connectivity index (χ4v) is 1.02. The lowest BCUT2D eigenvalue weighted by atomic mass is 10.0. The van der Waals surface area contributed by atoms with Gasteiger partial charge in [-0.2, -0.15) is 0 Å². The van der Waals surface area contributed by atoms with Crippen LogP contribution in [0.4, 0.5) is 0 Å². The maximum absolute atomic E-state index is 11.3. The smallest absolute Gasteiger partial charge is 0.317 e. The van der Waals surface area contributed by atoms with Gasteiger partial charge in [0.2, 0.25) is 0 Å². The molecule has 0 aliphatic rings. The second-order valence-corrected chi connectivity index (χ2v) is 2.92. The minimum Gasteiger partial charge on any atom is -0.466 e. The van der Waals surface area contributed by atoms with E-state index in [-0.39, 0.29) is 25.4 Å². The molecule has 15 heavy (non-hydrogen) atoms. The standard InChI is InChI=1S/C10H16O5/c1-4-14-9(12)6-8(7(3)11)10(13)15-5-2/h8H,4-6H2,1-3H3/t8-/m1/s1. The molecule has 0 saturated carbocycles. The molecule has 0 spiro atoms. The van der Waals surface area contributed by atoms with E-state index in [1.807, 2.05) is 0 Å². The van der Waals surface area contributed by atoms with Crippen molar-refractivity contribution in [3.05, 3.63) is 0 Å². The molecule has 0 aliphatic carbocycles. The molecule has 1 atom stereocenters. The SMILES string of the molecule is CCOC(=O)C[C@H](C(C)=O)C(=O)OCC. The Hall–Kier alpha value is -1.39. The Labute approximate surface area is 88.7 Å². The molecule has 0 unspecified atom stereocenters. The highest BCUT2D eigenvalue weighted by Crippen LogP contribution is 2.08. The monoisotopic (exact) mass is 216 g/mol. The van der Waals surface area contributed by atoms with Crippen LogP contribution in [0.5, 0.6) is 0 Å². The maximum Gasteiger partial charge on any atom is 0.317 e. The summed E-state index contributed by atoms with van der Waals surface area (Å²) in [4.78, 5) is 33.4. The van der Waals surface area contributed by atoms with Gasteiger partial charge in [0.05, 0.1) is 19.6 Å². The van der Waals surface area contributed by atoms with Crippen molar-refractivity contribution in [3.63, 3.8) is 0 Å². The van der Waals surface area contributed by atoms with Gasteiger partial charge in [0, 0.05) is 0 Å². The number of rotatable bonds is 6. The number of carbonyl (C=O) groups is 3. The molecular weight excluding hydrogens is 200 g/mol. The highest BCUT2D eigenvalue weighted by Gasteiger charge is 2.28. The van der Waals surface area contributed by atoms with Crippen LogP contribution in [-0.2, 0) is 23.9 Å². The molecule has 0 radical (unpaired) electrons. The first kappa shape index (κ1) is 13.6. The van der Waals surface area contributed by atoms with Crippen molar-refractivity contribution < 1.29 is 23.9 Å². The molecule has 5 nitrogen and oxygen atoms in total. The molecular formula is C10H16O5. The maximum atomic E-state index is 11.3. The molecule has 0 aromatic heterocycles. The van der Waals surface area contributed by atoms with Crippen molar-refractivity contribution in [3.8, 4) is 0 Å². The zero-order valence-corrected chi connectivity index (χ0v) is 9.24. The number of carbonyl (C=O) groups excluding carboxylic acids is 3. The minimum atomic E-state index is -1.04. The Balaban J connectivity index is 4.34. The van der Waals surface area contributed by atoms with Gasteiger partial charge in [0.15, 0.2) is 0 Å². The van der Waals surface area contributed by atoms with Crippen molar-refractivity contribution in [1.29, 1.82) is 0 Å². The van der Waals surface area contributed by atoms with E-state index in [1.54, 1.807) is 13.8 Å². The van der Waals surface area contributed by atoms with E-state index in [4.69, 9.17) is 0 Å². The summed E-state index contributed by atoms with van der Waals surface area (Å²) in [6.07, 6.45) is -0.248. The first-order chi connectivity index (χ1) is 7.02. The third kappa shape index (κ3) is 5.15. The quantitative estimate of drug-likeness (QED) is 0.483. The Morgan fingerprint density at radius 2 is 1.60 bits per heavy atom. The normalized spacial score (nSPS) is 11.7. The minimum absolute atomic E-state index is 0.186. The molecule has 0 heterocycles. The zero-order valence-electron chi connectivity index (χ0n) is 9.24. The average molecular weight is 216 g/mol. The molecule has 0 aliphatic heterocycles. The topological polar surface area (TPSA) is 69.7 Å². The summed E-state index contributed by atoms with van der Waals surface area (Å²) in [5.41, 5.74) is 0. The summed E-state index contributed by atoms with van der Waals surface area (Å²) in [6, 6.07) is 0. The van der Waals surface area contributed by atoms with Crippen LogP contribution in [-0.4, -0.2) is 30.9 Å². The Morgan fingerprint density at radius 1 is 1.07 bits per heavy atom. The van der Waals surface area contributed by atoms with Crippen LogP contribution in [0, 0.1) is 5.92 Å². The third-order valence-electron chi connectivity index (χ3n) is 1.74. The summed E-state index contributed by atoms with van der Waals surface area (Å²) in [5, 5.41) is 0. The molecule has 0 amide bonds. The lowest BCUT2D eigenvalue weighted by Crippen LogP contribution is -2.27. The Bertz CT molecular complexity index is 246. The summed E-state index contributed by atoms with van der Waals surface area (Å²) < 4.78 is 9.33.